The number of carbonyl (C=O) groups is 2. The average Bonchev–Trinajstić information content (AvgIpc) is 3.29. The van der Waals surface area contributed by atoms with E-state index >= 15 is 0 Å². The van der Waals surface area contributed by atoms with Crippen LogP contribution in [-0.4, -0.2) is 44.6 Å². The zero-order valence-electron chi connectivity index (χ0n) is 15.1. The molecule has 4 rings (SSSR count). The minimum atomic E-state index is -3.34. The van der Waals surface area contributed by atoms with Crippen molar-refractivity contribution in [1.29, 1.82) is 0 Å². The van der Waals surface area contributed by atoms with E-state index in [1.807, 2.05) is 18.2 Å². The number of hydrogen-bond acceptors (Lipinski definition) is 5. The van der Waals surface area contributed by atoms with E-state index in [1.165, 1.54) is 4.31 Å². The molecule has 0 aliphatic carbocycles. The van der Waals surface area contributed by atoms with Crippen LogP contribution in [0.1, 0.15) is 26.3 Å². The van der Waals surface area contributed by atoms with Gasteiger partial charge in [0.05, 0.1) is 17.5 Å². The van der Waals surface area contributed by atoms with Crippen LogP contribution in [0.4, 0.5) is 5.69 Å². The highest BCUT2D eigenvalue weighted by Crippen LogP contribution is 2.30. The van der Waals surface area contributed by atoms with E-state index in [0.29, 0.717) is 29.8 Å². The fourth-order valence-electron chi connectivity index (χ4n) is 3.42. The van der Waals surface area contributed by atoms with Crippen molar-refractivity contribution in [2.75, 3.05) is 23.7 Å². The fraction of sp³-hybridized carbons (Fsp3) is 0.200. The predicted octanol–water partition coefficient (Wildman–Crippen LogP) is 2.53. The van der Waals surface area contributed by atoms with Gasteiger partial charge in [-0.15, -0.1) is 0 Å². The molecule has 0 atom stereocenters. The summed E-state index contributed by atoms with van der Waals surface area (Å²) in [6, 6.07) is 12.2. The van der Waals surface area contributed by atoms with Gasteiger partial charge in [-0.1, -0.05) is 18.2 Å². The molecule has 1 aliphatic heterocycles. The molecule has 1 aliphatic rings. The van der Waals surface area contributed by atoms with E-state index in [-0.39, 0.29) is 12.4 Å². The topological polar surface area (TPSA) is 96.5 Å². The number of benzene rings is 2. The molecule has 1 N–H and O–H groups in total. The number of esters is 1. The number of ether oxygens (including phenoxy) is 1. The van der Waals surface area contributed by atoms with E-state index in [4.69, 9.17) is 4.74 Å². The van der Waals surface area contributed by atoms with Crippen LogP contribution in [0.15, 0.2) is 48.7 Å². The minimum Gasteiger partial charge on any atom is -0.454 e. The van der Waals surface area contributed by atoms with Crippen LogP contribution in [0.3, 0.4) is 0 Å². The molecule has 2 aromatic carbocycles. The third kappa shape index (κ3) is 3.27. The number of Topliss-reactive ketones (excluding diaryl/α,β-unsaturated/α-hetero) is 1. The van der Waals surface area contributed by atoms with Crippen LogP contribution in [0.2, 0.25) is 0 Å². The number of hydrogen-bond donors (Lipinski definition) is 1. The predicted molar refractivity (Wildman–Crippen MR) is 105 cm³/mol. The Morgan fingerprint density at radius 3 is 2.75 bits per heavy atom. The van der Waals surface area contributed by atoms with Crippen molar-refractivity contribution >= 4 is 38.4 Å². The largest absolute Gasteiger partial charge is 0.454 e. The Morgan fingerprint density at radius 2 is 1.96 bits per heavy atom. The summed E-state index contributed by atoms with van der Waals surface area (Å²) in [6.45, 7) is -0.0196. The third-order valence-electron chi connectivity index (χ3n) is 4.80. The number of H-pyrrole nitrogens is 1. The second kappa shape index (κ2) is 6.79. The number of para-hydroxylation sites is 1. The van der Waals surface area contributed by atoms with Gasteiger partial charge in [0.25, 0.3) is 0 Å². The molecule has 0 spiro atoms. The third-order valence-corrected chi connectivity index (χ3v) is 5.98. The number of anilines is 1. The lowest BCUT2D eigenvalue weighted by Gasteiger charge is -2.16. The van der Waals surface area contributed by atoms with Crippen LogP contribution in [-0.2, 0) is 21.2 Å². The van der Waals surface area contributed by atoms with Gasteiger partial charge in [0.2, 0.25) is 10.0 Å². The number of sulfonamides is 1. The molecule has 144 valence electrons. The normalized spacial score (nSPS) is 13.5. The van der Waals surface area contributed by atoms with Crippen molar-refractivity contribution in [3.63, 3.8) is 0 Å². The van der Waals surface area contributed by atoms with E-state index in [9.17, 15) is 18.0 Å². The molecule has 3 aromatic rings. The van der Waals surface area contributed by atoms with E-state index in [1.54, 1.807) is 30.5 Å². The summed E-state index contributed by atoms with van der Waals surface area (Å²) in [5.74, 6) is -0.913. The molecule has 0 bridgehead atoms. The average molecular weight is 398 g/mol. The zero-order valence-corrected chi connectivity index (χ0v) is 16.0. The molecular weight excluding hydrogens is 380 g/mol. The Morgan fingerprint density at radius 1 is 1.18 bits per heavy atom. The van der Waals surface area contributed by atoms with Crippen molar-refractivity contribution in [3.8, 4) is 0 Å². The highest BCUT2D eigenvalue weighted by atomic mass is 32.2. The maximum atomic E-state index is 12.4. The molecule has 1 aromatic heterocycles. The van der Waals surface area contributed by atoms with Crippen molar-refractivity contribution in [2.24, 2.45) is 0 Å². The molecule has 0 saturated heterocycles. The molecule has 0 unspecified atom stereocenters. The lowest BCUT2D eigenvalue weighted by Crippen LogP contribution is -2.27. The maximum absolute atomic E-state index is 12.4. The van der Waals surface area contributed by atoms with Gasteiger partial charge in [0.15, 0.2) is 12.4 Å². The summed E-state index contributed by atoms with van der Waals surface area (Å²) in [6.07, 6.45) is 3.26. The van der Waals surface area contributed by atoms with E-state index < -0.39 is 16.0 Å². The number of aromatic amines is 1. The first kappa shape index (κ1) is 18.2. The number of aromatic nitrogens is 1. The summed E-state index contributed by atoms with van der Waals surface area (Å²) < 4.78 is 30.1. The van der Waals surface area contributed by atoms with Gasteiger partial charge in [-0.2, -0.15) is 0 Å². The zero-order chi connectivity index (χ0) is 19.9. The van der Waals surface area contributed by atoms with Crippen molar-refractivity contribution in [2.45, 2.75) is 6.42 Å². The summed E-state index contributed by atoms with van der Waals surface area (Å²) in [7, 11) is -3.34. The van der Waals surface area contributed by atoms with Crippen molar-refractivity contribution in [1.82, 2.24) is 4.98 Å². The number of rotatable bonds is 5. The number of fused-ring (bicyclic) bond motifs is 2. The molecule has 8 heteroatoms. The van der Waals surface area contributed by atoms with Crippen molar-refractivity contribution in [3.05, 3.63) is 65.4 Å². The minimum absolute atomic E-state index is 0.339. The van der Waals surface area contributed by atoms with Crippen molar-refractivity contribution < 1.29 is 22.7 Å². The quantitative estimate of drug-likeness (QED) is 0.526. The Balaban J connectivity index is 1.47. The molecule has 2 heterocycles. The second-order valence-corrected chi connectivity index (χ2v) is 8.58. The molecule has 28 heavy (non-hydrogen) atoms. The first-order valence-corrected chi connectivity index (χ1v) is 10.6. The molecule has 0 amide bonds. The van der Waals surface area contributed by atoms with Crippen LogP contribution in [0.25, 0.3) is 10.9 Å². The first-order valence-electron chi connectivity index (χ1n) is 8.71. The van der Waals surface area contributed by atoms with Gasteiger partial charge in [0, 0.05) is 29.2 Å². The lowest BCUT2D eigenvalue weighted by atomic mass is 10.1. The highest BCUT2D eigenvalue weighted by molar-refractivity contribution is 7.92. The lowest BCUT2D eigenvalue weighted by molar-refractivity contribution is 0.0476. The van der Waals surface area contributed by atoms with Gasteiger partial charge in [0.1, 0.15) is 0 Å². The van der Waals surface area contributed by atoms with Crippen LogP contribution in [0.5, 0.6) is 0 Å². The monoisotopic (exact) mass is 398 g/mol. The highest BCUT2D eigenvalue weighted by Gasteiger charge is 2.27. The summed E-state index contributed by atoms with van der Waals surface area (Å²) in [4.78, 5) is 27.8. The van der Waals surface area contributed by atoms with Gasteiger partial charge in [-0.3, -0.25) is 9.10 Å². The van der Waals surface area contributed by atoms with E-state index in [0.717, 1.165) is 22.7 Å². The number of nitrogens with one attached hydrogen (secondary N) is 1. The van der Waals surface area contributed by atoms with Crippen LogP contribution < -0.4 is 4.31 Å². The summed E-state index contributed by atoms with van der Waals surface area (Å²) in [5, 5.41) is 0.735. The Kier molecular flexibility index (Phi) is 4.43. The SMILES string of the molecule is CS(=O)(=O)N1CCc2cc(C(=O)COC(=O)c3c[nH]c4ccccc34)ccc21. The van der Waals surface area contributed by atoms with Crippen LogP contribution >= 0.6 is 0 Å². The Bertz CT molecular complexity index is 1200. The Labute approximate surface area is 162 Å². The molecule has 7 nitrogen and oxygen atoms in total. The maximum Gasteiger partial charge on any atom is 0.340 e. The number of carbonyl (C=O) groups excluding carboxylic acids is 2. The molecule has 0 fully saturated rings. The second-order valence-electron chi connectivity index (χ2n) is 6.68. The van der Waals surface area contributed by atoms with E-state index in [2.05, 4.69) is 4.98 Å². The Hall–Kier alpha value is -3.13. The number of nitrogens with zero attached hydrogens (tertiary/aromatic N) is 1. The summed E-state index contributed by atoms with van der Waals surface area (Å²) in [5.41, 5.74) is 2.96. The molecule has 0 saturated carbocycles. The first-order chi connectivity index (χ1) is 13.3. The van der Waals surface area contributed by atoms with Gasteiger partial charge < -0.3 is 9.72 Å². The van der Waals surface area contributed by atoms with Crippen LogP contribution in [0, 0.1) is 0 Å². The standard InChI is InChI=1S/C20H18N2O5S/c1-28(25,26)22-9-8-13-10-14(6-7-18(13)22)19(23)12-27-20(24)16-11-21-17-5-3-2-4-15(16)17/h2-7,10-11,21H,8-9,12H2,1H3. The van der Waals surface area contributed by atoms with Gasteiger partial charge >= 0.3 is 5.97 Å². The summed E-state index contributed by atoms with van der Waals surface area (Å²) >= 11 is 0. The van der Waals surface area contributed by atoms with Gasteiger partial charge in [-0.05, 0) is 36.2 Å². The number of ketones is 1. The smallest absolute Gasteiger partial charge is 0.340 e. The fourth-order valence-corrected chi connectivity index (χ4v) is 4.38. The molecular formula is C20H18N2O5S. The molecule has 0 radical (unpaired) electrons. The van der Waals surface area contributed by atoms with Gasteiger partial charge in [-0.25, -0.2) is 13.2 Å².